The normalized spacial score (nSPS) is 11.5. The highest BCUT2D eigenvalue weighted by Gasteiger charge is 2.21. The molecule has 10 rings (SSSR count). The maximum Gasteiger partial charge on any atom is 0.228 e. The first-order chi connectivity index (χ1) is 25.3. The zero-order chi connectivity index (χ0) is 33.7. The van der Waals surface area contributed by atoms with E-state index in [4.69, 9.17) is 13.8 Å². The van der Waals surface area contributed by atoms with E-state index in [9.17, 15) is 0 Å². The molecular formula is C47H30N2O2. The highest BCUT2D eigenvalue weighted by Crippen LogP contribution is 2.44. The smallest absolute Gasteiger partial charge is 0.228 e. The maximum absolute atomic E-state index is 6.61. The number of oxazole rings is 1. The van der Waals surface area contributed by atoms with Gasteiger partial charge in [0.2, 0.25) is 5.89 Å². The summed E-state index contributed by atoms with van der Waals surface area (Å²) in [4.78, 5) is 7.26. The second-order valence-electron chi connectivity index (χ2n) is 12.8. The van der Waals surface area contributed by atoms with Crippen molar-refractivity contribution >= 4 is 60.9 Å². The Morgan fingerprint density at radius 3 is 1.86 bits per heavy atom. The molecule has 8 aromatic carbocycles. The molecule has 0 aliphatic rings. The molecule has 0 N–H and O–H groups in total. The third-order valence-corrected chi connectivity index (χ3v) is 9.69. The molecule has 10 aromatic rings. The number of para-hydroxylation sites is 1. The van der Waals surface area contributed by atoms with Crippen LogP contribution in [0.3, 0.4) is 0 Å². The average Bonchev–Trinajstić information content (AvgIpc) is 3.79. The molecule has 0 amide bonds. The second kappa shape index (κ2) is 11.9. The fourth-order valence-corrected chi connectivity index (χ4v) is 7.25. The number of anilines is 3. The summed E-state index contributed by atoms with van der Waals surface area (Å²) in [5, 5.41) is 4.25. The lowest BCUT2D eigenvalue weighted by molar-refractivity contribution is 0.620. The van der Waals surface area contributed by atoms with E-state index in [2.05, 4.69) is 157 Å². The molecular weight excluding hydrogens is 625 g/mol. The minimum atomic E-state index is 0.578. The van der Waals surface area contributed by atoms with Gasteiger partial charge in [0.25, 0.3) is 0 Å². The quantitative estimate of drug-likeness (QED) is 0.179. The Kier molecular flexibility index (Phi) is 6.78. The van der Waals surface area contributed by atoms with Gasteiger partial charge >= 0.3 is 0 Å². The van der Waals surface area contributed by atoms with Gasteiger partial charge in [-0.15, -0.1) is 0 Å². The molecule has 0 saturated carbocycles. The van der Waals surface area contributed by atoms with Crippen LogP contribution in [0.25, 0.3) is 77.5 Å². The number of hydrogen-bond donors (Lipinski definition) is 0. The predicted octanol–water partition coefficient (Wildman–Crippen LogP) is 13.4. The minimum Gasteiger partial charge on any atom is -0.456 e. The van der Waals surface area contributed by atoms with Crippen LogP contribution < -0.4 is 4.90 Å². The Hall–Kier alpha value is -6.91. The van der Waals surface area contributed by atoms with Gasteiger partial charge in [0, 0.05) is 39.3 Å². The average molecular weight is 655 g/mol. The number of benzene rings is 8. The summed E-state index contributed by atoms with van der Waals surface area (Å²) < 4.78 is 13.0. The summed E-state index contributed by atoms with van der Waals surface area (Å²) >= 11 is 0. The first kappa shape index (κ1) is 29.0. The van der Waals surface area contributed by atoms with E-state index in [0.29, 0.717) is 5.89 Å². The Labute approximate surface area is 294 Å². The van der Waals surface area contributed by atoms with Crippen molar-refractivity contribution in [3.63, 3.8) is 0 Å². The summed E-state index contributed by atoms with van der Waals surface area (Å²) in [5.41, 5.74) is 11.9. The molecule has 240 valence electrons. The van der Waals surface area contributed by atoms with Gasteiger partial charge < -0.3 is 13.7 Å². The summed E-state index contributed by atoms with van der Waals surface area (Å²) in [5.74, 6) is 0.578. The lowest BCUT2D eigenvalue weighted by Gasteiger charge is -2.28. The molecule has 0 unspecified atom stereocenters. The third kappa shape index (κ3) is 5.04. The largest absolute Gasteiger partial charge is 0.456 e. The molecule has 0 aliphatic carbocycles. The topological polar surface area (TPSA) is 42.4 Å². The van der Waals surface area contributed by atoms with Crippen LogP contribution in [-0.2, 0) is 0 Å². The first-order valence-electron chi connectivity index (χ1n) is 17.1. The fourth-order valence-electron chi connectivity index (χ4n) is 7.25. The van der Waals surface area contributed by atoms with Crippen LogP contribution >= 0.6 is 0 Å². The van der Waals surface area contributed by atoms with E-state index < -0.39 is 0 Å². The summed E-state index contributed by atoms with van der Waals surface area (Å²) in [6.45, 7) is 0. The van der Waals surface area contributed by atoms with Crippen molar-refractivity contribution in [2.24, 2.45) is 0 Å². The number of rotatable bonds is 6. The van der Waals surface area contributed by atoms with Crippen LogP contribution in [0.2, 0.25) is 0 Å². The molecule has 4 nitrogen and oxygen atoms in total. The molecule has 0 fully saturated rings. The van der Waals surface area contributed by atoms with Crippen molar-refractivity contribution < 1.29 is 8.83 Å². The van der Waals surface area contributed by atoms with E-state index in [1.165, 1.54) is 11.1 Å². The summed E-state index contributed by atoms with van der Waals surface area (Å²) in [6, 6.07) is 63.4. The van der Waals surface area contributed by atoms with Crippen molar-refractivity contribution in [1.82, 2.24) is 4.98 Å². The number of hydrogen-bond acceptors (Lipinski definition) is 4. The van der Waals surface area contributed by atoms with Gasteiger partial charge in [0.05, 0.1) is 5.69 Å². The van der Waals surface area contributed by atoms with E-state index in [-0.39, 0.29) is 0 Å². The molecule has 0 atom stereocenters. The van der Waals surface area contributed by atoms with Crippen molar-refractivity contribution in [2.45, 2.75) is 0 Å². The number of aromatic nitrogens is 1. The van der Waals surface area contributed by atoms with Gasteiger partial charge in [-0.05, 0) is 82.1 Å². The maximum atomic E-state index is 6.61. The van der Waals surface area contributed by atoms with Crippen LogP contribution in [0.4, 0.5) is 17.1 Å². The fraction of sp³-hybridized carbons (Fsp3) is 0. The van der Waals surface area contributed by atoms with E-state index >= 15 is 0 Å². The van der Waals surface area contributed by atoms with Crippen molar-refractivity contribution in [2.75, 3.05) is 4.90 Å². The van der Waals surface area contributed by atoms with Crippen LogP contribution in [0.1, 0.15) is 0 Å². The number of nitrogens with zero attached hydrogens (tertiary/aromatic N) is 2. The third-order valence-electron chi connectivity index (χ3n) is 9.69. The molecule has 0 aliphatic heterocycles. The minimum absolute atomic E-state index is 0.578. The molecule has 2 aromatic heterocycles. The summed E-state index contributed by atoms with van der Waals surface area (Å²) in [6.07, 6.45) is 0. The zero-order valence-electron chi connectivity index (χ0n) is 27.5. The first-order valence-corrected chi connectivity index (χ1v) is 17.1. The van der Waals surface area contributed by atoms with Crippen molar-refractivity contribution in [3.05, 3.63) is 182 Å². The van der Waals surface area contributed by atoms with Crippen LogP contribution in [0.5, 0.6) is 0 Å². The Balaban J connectivity index is 1.13. The molecule has 0 spiro atoms. The van der Waals surface area contributed by atoms with Gasteiger partial charge in [-0.2, -0.15) is 0 Å². The number of fused-ring (bicyclic) bond motifs is 5. The van der Waals surface area contributed by atoms with Crippen LogP contribution in [0, 0.1) is 0 Å². The van der Waals surface area contributed by atoms with Crippen LogP contribution in [0.15, 0.2) is 191 Å². The van der Waals surface area contributed by atoms with E-state index in [0.717, 1.165) is 77.6 Å². The van der Waals surface area contributed by atoms with E-state index in [1.54, 1.807) is 0 Å². The molecule has 0 bridgehead atoms. The lowest BCUT2D eigenvalue weighted by Crippen LogP contribution is -2.11. The van der Waals surface area contributed by atoms with Crippen molar-refractivity contribution in [3.8, 4) is 33.7 Å². The Bertz CT molecular complexity index is 2800. The molecule has 0 radical (unpaired) electrons. The van der Waals surface area contributed by atoms with Gasteiger partial charge in [0.15, 0.2) is 5.58 Å². The van der Waals surface area contributed by atoms with Gasteiger partial charge in [0.1, 0.15) is 16.7 Å². The van der Waals surface area contributed by atoms with Crippen molar-refractivity contribution in [1.29, 1.82) is 0 Å². The zero-order valence-corrected chi connectivity index (χ0v) is 27.5. The molecule has 4 heteroatoms. The highest BCUT2D eigenvalue weighted by atomic mass is 16.3. The predicted molar refractivity (Wildman–Crippen MR) is 210 cm³/mol. The van der Waals surface area contributed by atoms with Gasteiger partial charge in [-0.25, -0.2) is 4.98 Å². The lowest BCUT2D eigenvalue weighted by atomic mass is 10.0. The Morgan fingerprint density at radius 2 is 1.06 bits per heavy atom. The molecule has 2 heterocycles. The number of furan rings is 1. The van der Waals surface area contributed by atoms with Gasteiger partial charge in [-0.3, -0.25) is 0 Å². The van der Waals surface area contributed by atoms with Gasteiger partial charge in [-0.1, -0.05) is 121 Å². The monoisotopic (exact) mass is 654 g/mol. The SMILES string of the molecule is c1ccc(-c2ccc(N(c3ccc4c(c3)oc3cccc(-c5nc6cc7ccccc7cc6o5)c34)c3ccccc3-c3ccccc3)cc2)cc1. The molecule has 0 saturated heterocycles. The van der Waals surface area contributed by atoms with Crippen LogP contribution in [-0.4, -0.2) is 4.98 Å². The second-order valence-corrected chi connectivity index (χ2v) is 12.8. The molecule has 51 heavy (non-hydrogen) atoms. The Morgan fingerprint density at radius 1 is 0.412 bits per heavy atom. The standard InChI is InChI=1S/C47H30N2O2/c1-3-12-31(13-4-1)32-22-24-36(25-23-32)49(42-20-10-9-18-38(42)33-14-5-2-6-15-33)37-26-27-39-44(30-37)50-43-21-11-19-40(46(39)43)47-48-41-28-34-16-7-8-17-35(34)29-45(41)51-47/h1-30H. The highest BCUT2D eigenvalue weighted by molar-refractivity contribution is 6.13. The van der Waals surface area contributed by atoms with E-state index in [1.807, 2.05) is 30.3 Å². The summed E-state index contributed by atoms with van der Waals surface area (Å²) in [7, 11) is 0.